The third-order valence-corrected chi connectivity index (χ3v) is 2.75. The Morgan fingerprint density at radius 3 is 3.00 bits per heavy atom. The van der Waals surface area contributed by atoms with Crippen molar-refractivity contribution in [2.45, 2.75) is 19.9 Å². The second kappa shape index (κ2) is 5.95. The summed E-state index contributed by atoms with van der Waals surface area (Å²) >= 11 is 0. The number of nitro groups is 1. The van der Waals surface area contributed by atoms with Crippen molar-refractivity contribution in [2.75, 3.05) is 6.54 Å². The molecule has 0 aromatic carbocycles. The first-order valence-electron chi connectivity index (χ1n) is 6.04. The topological polar surface area (TPSA) is 119 Å². The molecular formula is C11H14N6O3. The van der Waals surface area contributed by atoms with Crippen LogP contribution in [0.1, 0.15) is 22.6 Å². The molecule has 0 spiro atoms. The largest absolute Gasteiger partial charge is 0.358 e. The lowest BCUT2D eigenvalue weighted by atomic mass is 10.3. The number of hydrogen-bond donors (Lipinski definition) is 2. The Morgan fingerprint density at radius 1 is 1.60 bits per heavy atom. The molecular weight excluding hydrogens is 264 g/mol. The van der Waals surface area contributed by atoms with Gasteiger partial charge < -0.3 is 15.4 Å². The van der Waals surface area contributed by atoms with Crippen LogP contribution >= 0.6 is 0 Å². The van der Waals surface area contributed by atoms with Gasteiger partial charge in [-0.3, -0.25) is 9.48 Å². The zero-order valence-electron chi connectivity index (χ0n) is 10.9. The lowest BCUT2D eigenvalue weighted by Gasteiger charge is -2.05. The monoisotopic (exact) mass is 278 g/mol. The Morgan fingerprint density at radius 2 is 2.40 bits per heavy atom. The second-order valence-electron chi connectivity index (χ2n) is 4.20. The normalized spacial score (nSPS) is 10.4. The first-order valence-corrected chi connectivity index (χ1v) is 6.04. The van der Waals surface area contributed by atoms with Gasteiger partial charge in [-0.1, -0.05) is 5.10 Å². The molecule has 0 saturated heterocycles. The van der Waals surface area contributed by atoms with Crippen LogP contribution in [0.2, 0.25) is 0 Å². The predicted octanol–water partition coefficient (Wildman–Crippen LogP) is 0.643. The zero-order valence-corrected chi connectivity index (χ0v) is 10.9. The molecule has 0 atom stereocenters. The molecule has 1 amide bonds. The van der Waals surface area contributed by atoms with E-state index in [2.05, 4.69) is 20.6 Å². The van der Waals surface area contributed by atoms with Gasteiger partial charge >= 0.3 is 5.82 Å². The van der Waals surface area contributed by atoms with Crippen molar-refractivity contribution in [3.8, 4) is 0 Å². The van der Waals surface area contributed by atoms with E-state index in [-0.39, 0.29) is 11.5 Å². The maximum Gasteiger partial charge on any atom is 0.343 e. The minimum Gasteiger partial charge on any atom is -0.358 e. The number of aromatic amines is 1. The molecule has 9 nitrogen and oxygen atoms in total. The predicted molar refractivity (Wildman–Crippen MR) is 69.2 cm³/mol. The third-order valence-electron chi connectivity index (χ3n) is 2.75. The van der Waals surface area contributed by atoms with Crippen molar-refractivity contribution in [3.63, 3.8) is 0 Å². The van der Waals surface area contributed by atoms with Crippen LogP contribution in [0.5, 0.6) is 0 Å². The summed E-state index contributed by atoms with van der Waals surface area (Å²) in [5.41, 5.74) is 1.06. The molecule has 0 saturated carbocycles. The van der Waals surface area contributed by atoms with Crippen molar-refractivity contribution in [3.05, 3.63) is 39.8 Å². The molecule has 0 aliphatic rings. The molecule has 0 unspecified atom stereocenters. The molecule has 2 aromatic rings. The standard InChI is InChI=1S/C11H14N6O3/c1-8-3-5-13-16(8)6-2-4-12-11(18)9-7-10(15-14-9)17(19)20/h3,5,7H,2,4,6H2,1H3,(H,12,18)(H,14,15). The van der Waals surface area contributed by atoms with Gasteiger partial charge in [-0.2, -0.15) is 5.10 Å². The van der Waals surface area contributed by atoms with E-state index in [9.17, 15) is 14.9 Å². The van der Waals surface area contributed by atoms with E-state index in [1.54, 1.807) is 6.20 Å². The van der Waals surface area contributed by atoms with Gasteiger partial charge in [-0.05, 0) is 24.3 Å². The van der Waals surface area contributed by atoms with Crippen LogP contribution in [0, 0.1) is 17.0 Å². The number of nitrogens with one attached hydrogen (secondary N) is 2. The molecule has 0 fully saturated rings. The van der Waals surface area contributed by atoms with E-state index in [0.717, 1.165) is 11.8 Å². The smallest absolute Gasteiger partial charge is 0.343 e. The average Bonchev–Trinajstić information content (AvgIpc) is 3.03. The van der Waals surface area contributed by atoms with Gasteiger partial charge in [0.1, 0.15) is 0 Å². The van der Waals surface area contributed by atoms with E-state index in [4.69, 9.17) is 0 Å². The van der Waals surface area contributed by atoms with Gasteiger partial charge in [-0.15, -0.1) is 5.10 Å². The van der Waals surface area contributed by atoms with Crippen molar-refractivity contribution in [2.24, 2.45) is 0 Å². The van der Waals surface area contributed by atoms with Crippen LogP contribution in [-0.4, -0.2) is 37.4 Å². The Bertz CT molecular complexity index is 617. The van der Waals surface area contributed by atoms with E-state index in [0.29, 0.717) is 19.5 Å². The van der Waals surface area contributed by atoms with Gasteiger partial charge in [0.25, 0.3) is 5.91 Å². The highest BCUT2D eigenvalue weighted by Gasteiger charge is 2.15. The molecule has 0 aliphatic carbocycles. The lowest BCUT2D eigenvalue weighted by Crippen LogP contribution is -2.25. The van der Waals surface area contributed by atoms with Crippen LogP contribution in [-0.2, 0) is 6.54 Å². The molecule has 0 bridgehead atoms. The Hall–Kier alpha value is -2.71. The lowest BCUT2D eigenvalue weighted by molar-refractivity contribution is -0.389. The van der Waals surface area contributed by atoms with Crippen LogP contribution in [0.4, 0.5) is 5.82 Å². The van der Waals surface area contributed by atoms with Crippen molar-refractivity contribution in [1.82, 2.24) is 25.3 Å². The summed E-state index contributed by atoms with van der Waals surface area (Å²) in [7, 11) is 0. The molecule has 2 aromatic heterocycles. The van der Waals surface area contributed by atoms with E-state index in [1.165, 1.54) is 0 Å². The van der Waals surface area contributed by atoms with Gasteiger partial charge in [0, 0.05) is 25.0 Å². The van der Waals surface area contributed by atoms with Gasteiger partial charge in [0.15, 0.2) is 5.69 Å². The minimum absolute atomic E-state index is 0.00645. The number of carbonyl (C=O) groups is 1. The fourth-order valence-corrected chi connectivity index (χ4v) is 1.68. The van der Waals surface area contributed by atoms with Gasteiger partial charge in [0.2, 0.25) is 0 Å². The molecule has 2 N–H and O–H groups in total. The maximum absolute atomic E-state index is 11.7. The highest BCUT2D eigenvalue weighted by molar-refractivity contribution is 5.92. The maximum atomic E-state index is 11.7. The second-order valence-corrected chi connectivity index (χ2v) is 4.20. The molecule has 106 valence electrons. The summed E-state index contributed by atoms with van der Waals surface area (Å²) < 4.78 is 1.84. The van der Waals surface area contributed by atoms with Crippen molar-refractivity contribution >= 4 is 11.7 Å². The highest BCUT2D eigenvalue weighted by atomic mass is 16.6. The molecule has 0 radical (unpaired) electrons. The minimum atomic E-state index is -0.635. The average molecular weight is 278 g/mol. The molecule has 0 aliphatic heterocycles. The number of H-pyrrole nitrogens is 1. The quantitative estimate of drug-likeness (QED) is 0.456. The number of aromatic nitrogens is 4. The first-order chi connectivity index (χ1) is 9.58. The molecule has 9 heteroatoms. The summed E-state index contributed by atoms with van der Waals surface area (Å²) in [5.74, 6) is -0.742. The van der Waals surface area contributed by atoms with Crippen LogP contribution in [0.15, 0.2) is 18.3 Å². The number of aryl methyl sites for hydroxylation is 2. The van der Waals surface area contributed by atoms with E-state index >= 15 is 0 Å². The third kappa shape index (κ3) is 3.19. The molecule has 20 heavy (non-hydrogen) atoms. The van der Waals surface area contributed by atoms with Crippen LogP contribution < -0.4 is 5.32 Å². The highest BCUT2D eigenvalue weighted by Crippen LogP contribution is 2.07. The van der Waals surface area contributed by atoms with E-state index in [1.807, 2.05) is 17.7 Å². The number of hydrogen-bond acceptors (Lipinski definition) is 5. The van der Waals surface area contributed by atoms with Crippen LogP contribution in [0.3, 0.4) is 0 Å². The molecule has 2 heterocycles. The SMILES string of the molecule is Cc1ccnn1CCCNC(=O)c1cc([N+](=O)[O-])[nH]n1. The fourth-order valence-electron chi connectivity index (χ4n) is 1.68. The zero-order chi connectivity index (χ0) is 14.5. The Kier molecular flexibility index (Phi) is 4.08. The van der Waals surface area contributed by atoms with Crippen molar-refractivity contribution in [1.29, 1.82) is 0 Å². The number of carbonyl (C=O) groups excluding carboxylic acids is 1. The first kappa shape index (κ1) is 13.7. The summed E-state index contributed by atoms with van der Waals surface area (Å²) in [6.07, 6.45) is 2.43. The number of nitrogens with zero attached hydrogens (tertiary/aromatic N) is 4. The Balaban J connectivity index is 1.77. The Labute approximate surface area is 114 Å². The van der Waals surface area contributed by atoms with Gasteiger partial charge in [-0.25, -0.2) is 0 Å². The summed E-state index contributed by atoms with van der Waals surface area (Å²) in [4.78, 5) is 21.5. The summed E-state index contributed by atoms with van der Waals surface area (Å²) in [6.45, 7) is 3.09. The van der Waals surface area contributed by atoms with Crippen molar-refractivity contribution < 1.29 is 9.72 Å². The molecule has 2 rings (SSSR count). The number of rotatable bonds is 6. The summed E-state index contributed by atoms with van der Waals surface area (Å²) in [6, 6.07) is 3.01. The van der Waals surface area contributed by atoms with Gasteiger partial charge in [0.05, 0.1) is 6.07 Å². The van der Waals surface area contributed by atoms with Crippen LogP contribution in [0.25, 0.3) is 0 Å². The number of amides is 1. The summed E-state index contributed by atoms with van der Waals surface area (Å²) in [5, 5.41) is 23.0. The fraction of sp³-hybridized carbons (Fsp3) is 0.364. The van der Waals surface area contributed by atoms with E-state index < -0.39 is 10.8 Å².